The summed E-state index contributed by atoms with van der Waals surface area (Å²) < 4.78 is 14.3. The SMILES string of the molecule is C[C@]12CCC3C(CC[C@H]4CC(=NO[C@H]5CCNC5)CC[C@]34C)C1C[C@@H](F)C2=O. The van der Waals surface area contributed by atoms with Gasteiger partial charge in [0.25, 0.3) is 0 Å². The fourth-order valence-corrected chi connectivity index (χ4v) is 7.76. The number of Topliss-reactive ketones (excluding diaryl/α,β-unsaturated/α-hetero) is 1. The molecule has 0 aromatic heterocycles. The Bertz CT molecular complexity index is 676. The van der Waals surface area contributed by atoms with Gasteiger partial charge >= 0.3 is 0 Å². The first-order chi connectivity index (χ1) is 13.4. The molecule has 5 rings (SSSR count). The summed E-state index contributed by atoms with van der Waals surface area (Å²) in [6.07, 6.45) is 8.15. The molecule has 1 N–H and O–H groups in total. The van der Waals surface area contributed by atoms with Crippen LogP contribution in [0.2, 0.25) is 0 Å². The fourth-order valence-electron chi connectivity index (χ4n) is 7.76. The van der Waals surface area contributed by atoms with Gasteiger partial charge in [-0.2, -0.15) is 0 Å². The molecule has 0 radical (unpaired) electrons. The molecule has 0 aromatic carbocycles. The summed E-state index contributed by atoms with van der Waals surface area (Å²) in [5.41, 5.74) is 1.16. The topological polar surface area (TPSA) is 50.7 Å². The number of carbonyl (C=O) groups is 1. The van der Waals surface area contributed by atoms with Crippen molar-refractivity contribution in [1.82, 2.24) is 5.32 Å². The van der Waals surface area contributed by atoms with Crippen LogP contribution in [-0.2, 0) is 9.63 Å². The van der Waals surface area contributed by atoms with Crippen molar-refractivity contribution < 1.29 is 14.0 Å². The van der Waals surface area contributed by atoms with Gasteiger partial charge in [-0.15, -0.1) is 0 Å². The number of ketones is 1. The van der Waals surface area contributed by atoms with Crippen LogP contribution < -0.4 is 5.32 Å². The Labute approximate surface area is 168 Å². The molecule has 0 amide bonds. The second-order valence-electron chi connectivity index (χ2n) is 10.8. The number of rotatable bonds is 2. The third-order valence-electron chi connectivity index (χ3n) is 9.54. The highest BCUT2D eigenvalue weighted by atomic mass is 19.1. The van der Waals surface area contributed by atoms with Crippen LogP contribution in [0.25, 0.3) is 0 Å². The molecule has 5 fully saturated rings. The molecular formula is C23H35FN2O2. The summed E-state index contributed by atoms with van der Waals surface area (Å²) in [6.45, 7) is 6.49. The van der Waals surface area contributed by atoms with E-state index in [1.54, 1.807) is 0 Å². The number of fused-ring (bicyclic) bond motifs is 5. The molecular weight excluding hydrogens is 355 g/mol. The highest BCUT2D eigenvalue weighted by Gasteiger charge is 2.62. The first kappa shape index (κ1) is 19.0. The molecule has 156 valence electrons. The largest absolute Gasteiger partial charge is 0.391 e. The van der Waals surface area contributed by atoms with Crippen molar-refractivity contribution in [1.29, 1.82) is 0 Å². The standard InChI is InChI=1S/C23H35FN2O2/c1-22-8-5-15(26-28-16-7-10-25-13-16)11-14(22)3-4-17-18(22)6-9-23(2)19(17)12-20(24)21(23)27/h14,16-20,25H,3-13H2,1-2H3/t14-,16-,17?,18?,19?,20+,22-,23-/m0/s1. The predicted molar refractivity (Wildman–Crippen MR) is 107 cm³/mol. The summed E-state index contributed by atoms with van der Waals surface area (Å²) in [5, 5.41) is 7.88. The Hall–Kier alpha value is -0.970. The lowest BCUT2D eigenvalue weighted by atomic mass is 9.45. The van der Waals surface area contributed by atoms with Gasteiger partial charge in [-0.25, -0.2) is 4.39 Å². The third-order valence-corrected chi connectivity index (χ3v) is 9.54. The van der Waals surface area contributed by atoms with E-state index in [2.05, 4.69) is 24.3 Å². The molecule has 4 nitrogen and oxygen atoms in total. The van der Waals surface area contributed by atoms with Crippen LogP contribution >= 0.6 is 0 Å². The quantitative estimate of drug-likeness (QED) is 0.716. The molecule has 0 bridgehead atoms. The van der Waals surface area contributed by atoms with Crippen LogP contribution in [0.4, 0.5) is 4.39 Å². The lowest BCUT2D eigenvalue weighted by Gasteiger charge is -2.59. The zero-order valence-corrected chi connectivity index (χ0v) is 17.4. The summed E-state index contributed by atoms with van der Waals surface area (Å²) >= 11 is 0. The molecule has 0 spiro atoms. The van der Waals surface area contributed by atoms with Gasteiger partial charge in [0.15, 0.2) is 12.0 Å². The van der Waals surface area contributed by atoms with Gasteiger partial charge in [0.2, 0.25) is 0 Å². The number of nitrogens with zero attached hydrogens (tertiary/aromatic N) is 1. The van der Waals surface area contributed by atoms with Gasteiger partial charge in [0.1, 0.15) is 6.10 Å². The van der Waals surface area contributed by atoms with Crippen molar-refractivity contribution >= 4 is 11.5 Å². The van der Waals surface area contributed by atoms with Crippen molar-refractivity contribution in [2.24, 2.45) is 39.7 Å². The fraction of sp³-hybridized carbons (Fsp3) is 0.913. The van der Waals surface area contributed by atoms with E-state index in [1.807, 2.05) is 0 Å². The van der Waals surface area contributed by atoms with Gasteiger partial charge < -0.3 is 10.2 Å². The van der Waals surface area contributed by atoms with Gasteiger partial charge in [0.05, 0.1) is 5.71 Å². The van der Waals surface area contributed by atoms with E-state index in [-0.39, 0.29) is 17.8 Å². The van der Waals surface area contributed by atoms with E-state index in [0.717, 1.165) is 51.6 Å². The maximum atomic E-state index is 14.3. The van der Waals surface area contributed by atoms with Gasteiger partial charge in [-0.05, 0) is 87.0 Å². The maximum absolute atomic E-state index is 14.3. The molecule has 8 atom stereocenters. The third kappa shape index (κ3) is 2.79. The summed E-state index contributed by atoms with van der Waals surface area (Å²) in [4.78, 5) is 18.3. The maximum Gasteiger partial charge on any atom is 0.173 e. The van der Waals surface area contributed by atoms with Crippen LogP contribution in [0.5, 0.6) is 0 Å². The van der Waals surface area contributed by atoms with Crippen molar-refractivity contribution in [3.63, 3.8) is 0 Å². The number of hydrogen-bond acceptors (Lipinski definition) is 4. The van der Waals surface area contributed by atoms with Crippen molar-refractivity contribution in [3.8, 4) is 0 Å². The van der Waals surface area contributed by atoms with Crippen LogP contribution in [0.1, 0.15) is 71.6 Å². The summed E-state index contributed by atoms with van der Waals surface area (Å²) in [5.74, 6) is 2.00. The highest BCUT2D eigenvalue weighted by molar-refractivity contribution is 5.91. The summed E-state index contributed by atoms with van der Waals surface area (Å²) in [7, 11) is 0. The molecule has 1 saturated heterocycles. The lowest BCUT2D eigenvalue weighted by Crippen LogP contribution is -2.53. The van der Waals surface area contributed by atoms with E-state index in [1.165, 1.54) is 18.6 Å². The molecule has 0 aromatic rings. The Morgan fingerprint density at radius 2 is 2.00 bits per heavy atom. The Balaban J connectivity index is 1.31. The van der Waals surface area contributed by atoms with Crippen LogP contribution in [0.3, 0.4) is 0 Å². The highest BCUT2D eigenvalue weighted by Crippen LogP contribution is 2.65. The molecule has 5 aliphatic rings. The smallest absolute Gasteiger partial charge is 0.173 e. The molecule has 5 heteroatoms. The molecule has 3 unspecified atom stereocenters. The van der Waals surface area contributed by atoms with Crippen LogP contribution in [0.15, 0.2) is 5.16 Å². The Morgan fingerprint density at radius 1 is 1.14 bits per heavy atom. The van der Waals surface area contributed by atoms with E-state index in [0.29, 0.717) is 29.6 Å². The minimum atomic E-state index is -1.22. The molecule has 28 heavy (non-hydrogen) atoms. The van der Waals surface area contributed by atoms with Gasteiger partial charge in [-0.1, -0.05) is 19.0 Å². The number of nitrogens with one attached hydrogen (secondary N) is 1. The van der Waals surface area contributed by atoms with Crippen molar-refractivity contribution in [2.75, 3.05) is 13.1 Å². The average molecular weight is 391 g/mol. The monoisotopic (exact) mass is 390 g/mol. The minimum Gasteiger partial charge on any atom is -0.391 e. The number of oxime groups is 1. The van der Waals surface area contributed by atoms with Crippen LogP contribution in [-0.4, -0.2) is 36.9 Å². The second-order valence-corrected chi connectivity index (χ2v) is 10.8. The minimum absolute atomic E-state index is 0.0974. The molecule has 4 aliphatic carbocycles. The van der Waals surface area contributed by atoms with E-state index < -0.39 is 11.6 Å². The average Bonchev–Trinajstić information content (AvgIpc) is 3.28. The van der Waals surface area contributed by atoms with Gasteiger partial charge in [-0.3, -0.25) is 4.79 Å². The molecule has 4 saturated carbocycles. The summed E-state index contributed by atoms with van der Waals surface area (Å²) in [6, 6.07) is 0. The predicted octanol–water partition coefficient (Wildman–Crippen LogP) is 4.28. The van der Waals surface area contributed by atoms with E-state index in [4.69, 9.17) is 4.84 Å². The lowest BCUT2D eigenvalue weighted by molar-refractivity contribution is -0.139. The number of hydrogen-bond donors (Lipinski definition) is 1. The van der Waals surface area contributed by atoms with Gasteiger partial charge in [0, 0.05) is 18.4 Å². The molecule has 1 aliphatic heterocycles. The van der Waals surface area contributed by atoms with Crippen molar-refractivity contribution in [2.45, 2.75) is 83.9 Å². The van der Waals surface area contributed by atoms with Crippen LogP contribution in [0, 0.1) is 34.5 Å². The second kappa shape index (κ2) is 6.78. The van der Waals surface area contributed by atoms with E-state index >= 15 is 0 Å². The molecule has 1 heterocycles. The first-order valence-corrected chi connectivity index (χ1v) is 11.5. The number of halogens is 1. The van der Waals surface area contributed by atoms with E-state index in [9.17, 15) is 9.18 Å². The first-order valence-electron chi connectivity index (χ1n) is 11.5. The Morgan fingerprint density at radius 3 is 2.79 bits per heavy atom. The number of alkyl halides is 1. The van der Waals surface area contributed by atoms with Crippen molar-refractivity contribution in [3.05, 3.63) is 0 Å². The zero-order valence-electron chi connectivity index (χ0n) is 17.4. The zero-order chi connectivity index (χ0) is 19.5. The Kier molecular flexibility index (Phi) is 4.61. The number of carbonyl (C=O) groups excluding carboxylic acids is 1. The normalized spacial score (nSPS) is 52.2.